The van der Waals surface area contributed by atoms with Crippen molar-refractivity contribution in [2.75, 3.05) is 50.1 Å². The summed E-state index contributed by atoms with van der Waals surface area (Å²) in [5.41, 5.74) is 2.30. The largest absolute Gasteiger partial charge is 0.618 e. The zero-order chi connectivity index (χ0) is 28.3. The summed E-state index contributed by atoms with van der Waals surface area (Å²) in [4.78, 5) is 15.6. The highest BCUT2D eigenvalue weighted by molar-refractivity contribution is 6.07. The van der Waals surface area contributed by atoms with Gasteiger partial charge in [0.15, 0.2) is 5.69 Å². The molecule has 2 N–H and O–H groups in total. The average molecular weight is 545 g/mol. The van der Waals surface area contributed by atoms with E-state index in [9.17, 15) is 10.0 Å². The van der Waals surface area contributed by atoms with Crippen molar-refractivity contribution < 1.29 is 19.0 Å². The lowest BCUT2D eigenvalue weighted by molar-refractivity contribution is -0.612. The van der Waals surface area contributed by atoms with Gasteiger partial charge in [-0.15, -0.1) is 0 Å². The number of hydrogen-bond acceptors (Lipinski definition) is 6. The lowest BCUT2D eigenvalue weighted by Gasteiger charge is -2.26. The summed E-state index contributed by atoms with van der Waals surface area (Å²) >= 11 is 0. The van der Waals surface area contributed by atoms with Crippen LogP contribution >= 0.6 is 0 Å². The molecule has 1 aliphatic rings. The zero-order valence-electron chi connectivity index (χ0n) is 23.4. The van der Waals surface area contributed by atoms with Crippen molar-refractivity contribution in [3.8, 4) is 11.4 Å². The fourth-order valence-corrected chi connectivity index (χ4v) is 4.59. The maximum atomic E-state index is 13.2. The van der Waals surface area contributed by atoms with Gasteiger partial charge < -0.3 is 20.0 Å². The molecule has 4 aromatic rings. The molecule has 0 unspecified atom stereocenters. The number of carbonyl (C=O) groups excluding carboxylic acids is 1. The Bertz CT molecular complexity index is 1500. The molecule has 0 aliphatic carbocycles. The molecule has 10 heteroatoms. The number of carbonyl (C=O) groups is 1. The number of aryl methyl sites for hydroxylation is 1. The van der Waals surface area contributed by atoms with Gasteiger partial charge in [-0.1, -0.05) is 45.0 Å². The predicted molar refractivity (Wildman–Crippen MR) is 155 cm³/mol. The number of ether oxygens (including phenoxy) is 2. The van der Waals surface area contributed by atoms with Gasteiger partial charge >= 0.3 is 6.03 Å². The molecule has 0 radical (unpaired) electrons. The van der Waals surface area contributed by atoms with Gasteiger partial charge in [0.05, 0.1) is 24.6 Å². The van der Waals surface area contributed by atoms with Crippen LogP contribution in [0.25, 0.3) is 16.5 Å². The highest BCUT2D eigenvalue weighted by Crippen LogP contribution is 2.32. The van der Waals surface area contributed by atoms with Crippen LogP contribution in [0.5, 0.6) is 5.75 Å². The Morgan fingerprint density at radius 3 is 2.55 bits per heavy atom. The van der Waals surface area contributed by atoms with Crippen molar-refractivity contribution in [2.45, 2.75) is 33.1 Å². The normalized spacial score (nSPS) is 14.3. The number of nitrogens with zero attached hydrogens (tertiary/aromatic N) is 4. The van der Waals surface area contributed by atoms with Crippen molar-refractivity contribution in [1.29, 1.82) is 0 Å². The van der Waals surface area contributed by atoms with Gasteiger partial charge in [-0.05, 0) is 18.2 Å². The topological polar surface area (TPSA) is 108 Å². The minimum absolute atomic E-state index is 0.260. The van der Waals surface area contributed by atoms with Crippen LogP contribution in [0.3, 0.4) is 0 Å². The van der Waals surface area contributed by atoms with Crippen molar-refractivity contribution in [3.05, 3.63) is 77.4 Å². The Morgan fingerprint density at radius 1 is 1.07 bits per heavy atom. The van der Waals surface area contributed by atoms with E-state index in [-0.39, 0.29) is 5.41 Å². The second-order valence-corrected chi connectivity index (χ2v) is 11.0. The van der Waals surface area contributed by atoms with Gasteiger partial charge in [-0.25, -0.2) is 9.48 Å². The number of pyridine rings is 1. The first-order valence-corrected chi connectivity index (χ1v) is 13.5. The average Bonchev–Trinajstić information content (AvgIpc) is 3.36. The molecule has 40 heavy (non-hydrogen) atoms. The first kappa shape index (κ1) is 27.4. The van der Waals surface area contributed by atoms with Crippen LogP contribution in [-0.2, 0) is 10.2 Å². The van der Waals surface area contributed by atoms with E-state index < -0.39 is 6.03 Å². The smallest absolute Gasteiger partial charge is 0.324 e. The number of fused-ring (bicyclic) bond motifs is 1. The highest BCUT2D eigenvalue weighted by atomic mass is 16.5. The molecular formula is C30H36N6O4. The molecule has 2 aromatic carbocycles. The van der Waals surface area contributed by atoms with E-state index in [1.807, 2.05) is 63.2 Å². The molecule has 1 fully saturated rings. The fraction of sp³-hybridized carbons (Fsp3) is 0.367. The molecule has 0 saturated carbocycles. The van der Waals surface area contributed by atoms with E-state index >= 15 is 0 Å². The van der Waals surface area contributed by atoms with Gasteiger partial charge in [-0.2, -0.15) is 9.83 Å². The Morgan fingerprint density at radius 2 is 1.82 bits per heavy atom. The molecule has 2 aromatic heterocycles. The number of amides is 2. The molecule has 210 valence electrons. The first-order valence-electron chi connectivity index (χ1n) is 13.5. The summed E-state index contributed by atoms with van der Waals surface area (Å²) < 4.78 is 13.9. The van der Waals surface area contributed by atoms with E-state index in [1.165, 1.54) is 6.20 Å². The maximum Gasteiger partial charge on any atom is 0.324 e. The number of rotatable bonds is 7. The number of hydrogen-bond donors (Lipinski definition) is 2. The van der Waals surface area contributed by atoms with Crippen LogP contribution < -0.4 is 20.1 Å². The van der Waals surface area contributed by atoms with Crippen LogP contribution in [0.2, 0.25) is 0 Å². The third-order valence-corrected chi connectivity index (χ3v) is 6.96. The molecule has 2 amide bonds. The minimum Gasteiger partial charge on any atom is -0.618 e. The van der Waals surface area contributed by atoms with Crippen LogP contribution in [0.4, 0.5) is 16.3 Å². The van der Waals surface area contributed by atoms with Crippen molar-refractivity contribution in [1.82, 2.24) is 14.7 Å². The summed E-state index contributed by atoms with van der Waals surface area (Å²) in [6.45, 7) is 12.6. The summed E-state index contributed by atoms with van der Waals surface area (Å²) in [6.07, 6.45) is 1.45. The quantitative estimate of drug-likeness (QED) is 0.260. The van der Waals surface area contributed by atoms with Crippen LogP contribution in [0.15, 0.2) is 60.8 Å². The zero-order valence-corrected chi connectivity index (χ0v) is 23.4. The lowest BCUT2D eigenvalue weighted by atomic mass is 9.92. The van der Waals surface area contributed by atoms with Gasteiger partial charge in [0.25, 0.3) is 0 Å². The Balaban J connectivity index is 1.35. The number of morpholine rings is 1. The Labute approximate surface area is 234 Å². The molecule has 1 aliphatic heterocycles. The molecule has 3 heterocycles. The van der Waals surface area contributed by atoms with Gasteiger partial charge in [-0.3, -0.25) is 10.2 Å². The van der Waals surface area contributed by atoms with E-state index in [2.05, 4.69) is 15.5 Å². The number of anilines is 2. The Kier molecular flexibility index (Phi) is 7.90. The number of urea groups is 1. The molecule has 0 bridgehead atoms. The summed E-state index contributed by atoms with van der Waals surface area (Å²) in [5.74, 6) is 1.23. The molecule has 10 nitrogen and oxygen atoms in total. The third-order valence-electron chi connectivity index (χ3n) is 6.96. The second kappa shape index (κ2) is 11.5. The van der Waals surface area contributed by atoms with Crippen molar-refractivity contribution >= 4 is 28.3 Å². The van der Waals surface area contributed by atoms with Gasteiger partial charge in [0, 0.05) is 54.9 Å². The standard InChI is InChI=1S/C30H36N6O4/c1-21-9-10-22(20-35(21)38)36-28(19-27(33-36)30(2,3)4)32-29(37)31-25-11-12-26(24-8-6-5-7-23(24)25)40-18-15-34-13-16-39-17-14-34/h5-12,19-20H,13-18H2,1-4H3,(H2,31,32,37). The third kappa shape index (κ3) is 6.19. The van der Waals surface area contributed by atoms with Crippen LogP contribution in [0, 0.1) is 12.1 Å². The van der Waals surface area contributed by atoms with E-state index in [1.54, 1.807) is 23.7 Å². The minimum atomic E-state index is -0.421. The summed E-state index contributed by atoms with van der Waals surface area (Å²) in [6, 6.07) is 16.5. The molecule has 1 saturated heterocycles. The van der Waals surface area contributed by atoms with E-state index in [0.717, 1.165) is 59.8 Å². The summed E-state index contributed by atoms with van der Waals surface area (Å²) in [7, 11) is 0. The van der Waals surface area contributed by atoms with Crippen molar-refractivity contribution in [2.24, 2.45) is 0 Å². The SMILES string of the molecule is Cc1ccc(-n2nc(C(C)(C)C)cc2NC(=O)Nc2ccc(OCCN3CCOCC3)c3ccccc23)c[n+]1[O-]. The maximum absolute atomic E-state index is 13.2. The van der Waals surface area contributed by atoms with Crippen molar-refractivity contribution in [3.63, 3.8) is 0 Å². The molecular weight excluding hydrogens is 508 g/mol. The Hall–Kier alpha value is -4.15. The second-order valence-electron chi connectivity index (χ2n) is 11.0. The molecule has 0 spiro atoms. The molecule has 0 atom stereocenters. The summed E-state index contributed by atoms with van der Waals surface area (Å²) in [5, 5.41) is 24.6. The molecule has 5 rings (SSSR count). The lowest BCUT2D eigenvalue weighted by Crippen LogP contribution is -2.38. The fourth-order valence-electron chi connectivity index (χ4n) is 4.59. The van der Waals surface area contributed by atoms with Crippen LogP contribution in [-0.4, -0.2) is 60.2 Å². The van der Waals surface area contributed by atoms with E-state index in [4.69, 9.17) is 14.6 Å². The number of nitrogens with one attached hydrogen (secondary N) is 2. The van der Waals surface area contributed by atoms with Gasteiger partial charge in [0.2, 0.25) is 6.20 Å². The predicted octanol–water partition coefficient (Wildman–Crippen LogP) is 4.62. The van der Waals surface area contributed by atoms with E-state index in [0.29, 0.717) is 29.5 Å². The van der Waals surface area contributed by atoms with Crippen LogP contribution in [0.1, 0.15) is 32.2 Å². The highest BCUT2D eigenvalue weighted by Gasteiger charge is 2.23. The first-order chi connectivity index (χ1) is 19.2. The number of aromatic nitrogens is 3. The van der Waals surface area contributed by atoms with Gasteiger partial charge in [0.1, 0.15) is 23.9 Å². The monoisotopic (exact) mass is 544 g/mol. The number of benzene rings is 2.